The van der Waals surface area contributed by atoms with Crippen LogP contribution in [-0.2, 0) is 23.3 Å². The van der Waals surface area contributed by atoms with Gasteiger partial charge in [-0.15, -0.1) is 0 Å². The molecule has 4 atom stereocenters. The van der Waals surface area contributed by atoms with Crippen molar-refractivity contribution in [3.63, 3.8) is 0 Å². The highest BCUT2D eigenvalue weighted by Crippen LogP contribution is 2.52. The maximum Gasteiger partial charge on any atom is 0.470 e. The largest absolute Gasteiger partial charge is 0.470 e. The average Bonchev–Trinajstić information content (AvgIpc) is 3.05. The van der Waals surface area contributed by atoms with Gasteiger partial charge in [-0.2, -0.15) is 0 Å². The first-order valence-electron chi connectivity index (χ1n) is 7.97. The summed E-state index contributed by atoms with van der Waals surface area (Å²) in [6, 6.07) is 8.90. The molecule has 0 saturated carbocycles. The van der Waals surface area contributed by atoms with Crippen molar-refractivity contribution in [3.05, 3.63) is 46.9 Å². The molecule has 0 radical (unpaired) electrons. The zero-order valence-corrected chi connectivity index (χ0v) is 14.7. The molecule has 1 aromatic heterocycles. The minimum atomic E-state index is -4.79. The Balaban J connectivity index is 1.76. The lowest BCUT2D eigenvalue weighted by Gasteiger charge is -2.31. The van der Waals surface area contributed by atoms with Gasteiger partial charge in [-0.1, -0.05) is 18.2 Å². The molecule has 2 saturated heterocycles. The Kier molecular flexibility index (Phi) is 4.28. The van der Waals surface area contributed by atoms with Crippen LogP contribution in [-0.4, -0.2) is 52.5 Å². The van der Waals surface area contributed by atoms with Gasteiger partial charge in [0.05, 0.1) is 13.2 Å². The SMILES string of the molecule is COC[C@@]12COC(C(n3ccc4ccccc4c3=O)O1)[C@@H]2OP(=O)(O)O. The van der Waals surface area contributed by atoms with Crippen molar-refractivity contribution in [2.24, 2.45) is 0 Å². The number of hydrogen-bond donors (Lipinski definition) is 2. The Hall–Kier alpha value is -1.58. The third kappa shape index (κ3) is 2.82. The van der Waals surface area contributed by atoms with E-state index < -0.39 is 31.9 Å². The summed E-state index contributed by atoms with van der Waals surface area (Å²) in [7, 11) is -3.35. The average molecular weight is 383 g/mol. The molecule has 0 aliphatic carbocycles. The lowest BCUT2D eigenvalue weighted by atomic mass is 10.0. The predicted molar refractivity (Wildman–Crippen MR) is 89.6 cm³/mol. The minimum Gasteiger partial charge on any atom is -0.381 e. The van der Waals surface area contributed by atoms with Crippen molar-refractivity contribution in [2.45, 2.75) is 24.0 Å². The number of nitrogens with zero attached hydrogens (tertiary/aromatic N) is 1. The second-order valence-electron chi connectivity index (χ2n) is 6.41. The second kappa shape index (κ2) is 6.24. The van der Waals surface area contributed by atoms with Gasteiger partial charge < -0.3 is 24.0 Å². The lowest BCUT2D eigenvalue weighted by Crippen LogP contribution is -2.45. The van der Waals surface area contributed by atoms with Crippen LogP contribution in [0.25, 0.3) is 10.8 Å². The molecule has 9 nitrogen and oxygen atoms in total. The smallest absolute Gasteiger partial charge is 0.381 e. The molecule has 140 valence electrons. The molecule has 2 fully saturated rings. The Bertz CT molecular complexity index is 939. The van der Waals surface area contributed by atoms with Crippen LogP contribution in [0, 0.1) is 0 Å². The van der Waals surface area contributed by atoms with Gasteiger partial charge in [0, 0.05) is 18.7 Å². The molecule has 2 aliphatic rings. The maximum absolute atomic E-state index is 12.8. The highest BCUT2D eigenvalue weighted by molar-refractivity contribution is 7.46. The van der Waals surface area contributed by atoms with Crippen LogP contribution >= 0.6 is 7.82 Å². The number of rotatable bonds is 5. The van der Waals surface area contributed by atoms with Crippen molar-refractivity contribution in [1.82, 2.24) is 4.57 Å². The summed E-state index contributed by atoms with van der Waals surface area (Å²) in [5, 5.41) is 1.29. The van der Waals surface area contributed by atoms with Crippen LogP contribution < -0.4 is 5.56 Å². The van der Waals surface area contributed by atoms with Gasteiger partial charge in [-0.25, -0.2) is 4.57 Å². The van der Waals surface area contributed by atoms with Gasteiger partial charge in [0.25, 0.3) is 5.56 Å². The normalized spacial score (nSPS) is 31.0. The first-order valence-corrected chi connectivity index (χ1v) is 9.50. The first-order chi connectivity index (χ1) is 12.3. The van der Waals surface area contributed by atoms with Crippen LogP contribution in [0.4, 0.5) is 0 Å². The second-order valence-corrected chi connectivity index (χ2v) is 7.61. The van der Waals surface area contributed by atoms with Crippen molar-refractivity contribution in [3.8, 4) is 0 Å². The van der Waals surface area contributed by atoms with Gasteiger partial charge >= 0.3 is 7.82 Å². The topological polar surface area (TPSA) is 116 Å². The Morgan fingerprint density at radius 2 is 2.12 bits per heavy atom. The van der Waals surface area contributed by atoms with E-state index in [9.17, 15) is 19.1 Å². The monoisotopic (exact) mass is 383 g/mol. The molecule has 1 aromatic carbocycles. The van der Waals surface area contributed by atoms with Gasteiger partial charge in [0.2, 0.25) is 0 Å². The molecule has 4 rings (SSSR count). The summed E-state index contributed by atoms with van der Waals surface area (Å²) in [6.07, 6.45) is -1.22. The summed E-state index contributed by atoms with van der Waals surface area (Å²) in [4.78, 5) is 31.3. The Morgan fingerprint density at radius 1 is 1.35 bits per heavy atom. The fourth-order valence-electron chi connectivity index (χ4n) is 3.67. The molecule has 26 heavy (non-hydrogen) atoms. The van der Waals surface area contributed by atoms with Crippen molar-refractivity contribution >= 4 is 18.6 Å². The molecular formula is C16H18NO8P. The molecular weight excluding hydrogens is 365 g/mol. The van der Waals surface area contributed by atoms with E-state index in [4.69, 9.17) is 18.7 Å². The number of methoxy groups -OCH3 is 1. The zero-order valence-electron chi connectivity index (χ0n) is 13.8. The van der Waals surface area contributed by atoms with Crippen LogP contribution in [0.3, 0.4) is 0 Å². The fourth-order valence-corrected chi connectivity index (χ4v) is 4.28. The molecule has 3 heterocycles. The zero-order chi connectivity index (χ0) is 18.5. The van der Waals surface area contributed by atoms with Gasteiger partial charge in [-0.3, -0.25) is 13.9 Å². The Labute approximate surface area is 148 Å². The molecule has 2 unspecified atom stereocenters. The highest BCUT2D eigenvalue weighted by atomic mass is 31.2. The van der Waals surface area contributed by atoms with Gasteiger partial charge in [0.1, 0.15) is 17.8 Å². The third-order valence-corrected chi connectivity index (χ3v) is 5.23. The number of benzene rings is 1. The number of phosphoric acid groups is 1. The van der Waals surface area contributed by atoms with Gasteiger partial charge in [-0.05, 0) is 17.5 Å². The Morgan fingerprint density at radius 3 is 2.85 bits per heavy atom. The van der Waals surface area contributed by atoms with E-state index in [0.717, 1.165) is 5.39 Å². The minimum absolute atomic E-state index is 0.00694. The van der Waals surface area contributed by atoms with E-state index in [1.807, 2.05) is 12.1 Å². The van der Waals surface area contributed by atoms with Crippen molar-refractivity contribution in [2.75, 3.05) is 20.3 Å². The lowest BCUT2D eigenvalue weighted by molar-refractivity contribution is -0.190. The first kappa shape index (κ1) is 17.8. The predicted octanol–water partition coefficient (Wildman–Crippen LogP) is 0.792. The molecule has 2 N–H and O–H groups in total. The van der Waals surface area contributed by atoms with E-state index >= 15 is 0 Å². The number of aromatic nitrogens is 1. The summed E-state index contributed by atoms with van der Waals surface area (Å²) >= 11 is 0. The van der Waals surface area contributed by atoms with E-state index in [2.05, 4.69) is 0 Å². The standard InChI is InChI=1S/C16H18NO8P/c1-22-8-16-9-23-12(13(16)25-26(19,20)21)15(24-16)17-7-6-10-4-2-3-5-11(10)14(17)18/h2-7,12-13,15H,8-9H2,1H3,(H2,19,20,21)/t12?,13-,15?,16-/m0/s1. The summed E-state index contributed by atoms with van der Waals surface area (Å²) in [5.74, 6) is 0. The van der Waals surface area contributed by atoms with E-state index in [-0.39, 0.29) is 18.8 Å². The molecule has 2 aliphatic heterocycles. The molecule has 2 aromatic rings. The number of pyridine rings is 1. The van der Waals surface area contributed by atoms with Crippen LogP contribution in [0.5, 0.6) is 0 Å². The summed E-state index contributed by atoms with van der Waals surface area (Å²) in [5.41, 5.74) is -1.48. The van der Waals surface area contributed by atoms with Crippen LogP contribution in [0.15, 0.2) is 41.3 Å². The fraction of sp³-hybridized carbons (Fsp3) is 0.438. The highest BCUT2D eigenvalue weighted by Gasteiger charge is 2.64. The van der Waals surface area contributed by atoms with E-state index in [1.165, 1.54) is 11.7 Å². The molecule has 10 heteroatoms. The van der Waals surface area contributed by atoms with E-state index in [0.29, 0.717) is 5.39 Å². The summed E-state index contributed by atoms with van der Waals surface area (Å²) in [6.45, 7) is 0.0575. The van der Waals surface area contributed by atoms with Crippen LogP contribution in [0.2, 0.25) is 0 Å². The van der Waals surface area contributed by atoms with Gasteiger partial charge in [0.15, 0.2) is 6.23 Å². The van der Waals surface area contributed by atoms with Crippen molar-refractivity contribution in [1.29, 1.82) is 0 Å². The maximum atomic E-state index is 12.8. The number of ether oxygens (including phenoxy) is 3. The molecule has 2 bridgehead atoms. The third-order valence-electron chi connectivity index (χ3n) is 4.73. The summed E-state index contributed by atoms with van der Waals surface area (Å²) < 4.78 is 34.5. The van der Waals surface area contributed by atoms with Crippen LogP contribution in [0.1, 0.15) is 6.23 Å². The number of fused-ring (bicyclic) bond motifs is 3. The number of hydrogen-bond acceptors (Lipinski definition) is 6. The van der Waals surface area contributed by atoms with Crippen molar-refractivity contribution < 1.29 is 33.1 Å². The molecule has 0 amide bonds. The molecule has 0 spiro atoms. The number of phosphoric ester groups is 1. The quantitative estimate of drug-likeness (QED) is 0.728. The van der Waals surface area contributed by atoms with E-state index in [1.54, 1.807) is 24.4 Å².